The summed E-state index contributed by atoms with van der Waals surface area (Å²) in [5, 5.41) is 6.57. The summed E-state index contributed by atoms with van der Waals surface area (Å²) in [6.07, 6.45) is 1.38. The van der Waals surface area contributed by atoms with E-state index in [9.17, 15) is 9.59 Å². The second-order valence-electron chi connectivity index (χ2n) is 7.68. The molecule has 0 fully saturated rings. The van der Waals surface area contributed by atoms with Crippen molar-refractivity contribution in [2.24, 2.45) is 0 Å². The molecule has 198 valence electrons. The Bertz CT molecular complexity index is 845. The van der Waals surface area contributed by atoms with Crippen LogP contribution in [0.15, 0.2) is 36.4 Å². The Morgan fingerprint density at radius 1 is 0.556 bits per heavy atom. The van der Waals surface area contributed by atoms with Crippen LogP contribution < -0.4 is 29.6 Å². The maximum atomic E-state index is 12.2. The molecule has 2 aromatic carbocycles. The molecule has 0 unspecified atom stereocenters. The van der Waals surface area contributed by atoms with Gasteiger partial charge in [-0.05, 0) is 50.2 Å². The molecule has 0 aliphatic heterocycles. The van der Waals surface area contributed by atoms with Crippen LogP contribution in [0.25, 0.3) is 0 Å². The molecular formula is C26H36N2O8. The zero-order valence-electron chi connectivity index (χ0n) is 21.4. The van der Waals surface area contributed by atoms with Crippen molar-refractivity contribution < 1.29 is 38.0 Å². The van der Waals surface area contributed by atoms with Gasteiger partial charge in [0, 0.05) is 25.2 Å². The normalized spacial score (nSPS) is 10.4. The monoisotopic (exact) mass is 504 g/mol. The molecule has 2 aromatic rings. The van der Waals surface area contributed by atoms with Gasteiger partial charge in [0.15, 0.2) is 0 Å². The zero-order chi connectivity index (χ0) is 26.2. The third-order valence-corrected chi connectivity index (χ3v) is 5.11. The highest BCUT2D eigenvalue weighted by Gasteiger charge is 2.12. The number of esters is 2. The number of carbonyl (C=O) groups is 2. The lowest BCUT2D eigenvalue weighted by Crippen LogP contribution is -2.29. The molecule has 0 heterocycles. The van der Waals surface area contributed by atoms with E-state index in [1.54, 1.807) is 36.4 Å². The van der Waals surface area contributed by atoms with Crippen LogP contribution in [0.2, 0.25) is 0 Å². The highest BCUT2D eigenvalue weighted by atomic mass is 16.5. The van der Waals surface area contributed by atoms with Crippen molar-refractivity contribution in [1.82, 2.24) is 10.6 Å². The van der Waals surface area contributed by atoms with Crippen molar-refractivity contribution >= 4 is 11.9 Å². The van der Waals surface area contributed by atoms with E-state index in [2.05, 4.69) is 10.6 Å². The molecule has 0 bridgehead atoms. The van der Waals surface area contributed by atoms with Crippen LogP contribution in [-0.4, -0.2) is 79.8 Å². The second-order valence-corrected chi connectivity index (χ2v) is 7.68. The van der Waals surface area contributed by atoms with Crippen LogP contribution in [-0.2, 0) is 9.47 Å². The number of hydrogen-bond donors (Lipinski definition) is 2. The van der Waals surface area contributed by atoms with Gasteiger partial charge in [-0.15, -0.1) is 0 Å². The molecule has 0 spiro atoms. The smallest absolute Gasteiger partial charge is 0.338 e. The summed E-state index contributed by atoms with van der Waals surface area (Å²) >= 11 is 0. The van der Waals surface area contributed by atoms with Crippen molar-refractivity contribution in [3.63, 3.8) is 0 Å². The lowest BCUT2D eigenvalue weighted by molar-refractivity contribution is 0.0490. The number of ether oxygens (including phenoxy) is 6. The van der Waals surface area contributed by atoms with Crippen LogP contribution in [0.3, 0.4) is 0 Å². The first-order valence-corrected chi connectivity index (χ1v) is 11.7. The van der Waals surface area contributed by atoms with E-state index in [1.807, 2.05) is 0 Å². The van der Waals surface area contributed by atoms with Gasteiger partial charge < -0.3 is 39.1 Å². The standard InChI is InChI=1S/C26H36N2O8/c1-31-21-13-19(14-22(17-21)32-2)25(29)35-11-5-7-27-9-10-28-8-6-12-36-26(30)20-15-23(33-3)18-24(16-20)34-4/h13-18,27-28H,5-12H2,1-4H3. The van der Waals surface area contributed by atoms with E-state index in [0.29, 0.717) is 60.2 Å². The lowest BCUT2D eigenvalue weighted by atomic mass is 10.2. The SMILES string of the molecule is COc1cc(OC)cc(C(=O)OCCCNCCNCCCOC(=O)c2cc(OC)cc(OC)c2)c1. The van der Waals surface area contributed by atoms with Crippen LogP contribution in [0.5, 0.6) is 23.0 Å². The maximum Gasteiger partial charge on any atom is 0.338 e. The van der Waals surface area contributed by atoms with Crippen LogP contribution in [0.4, 0.5) is 0 Å². The Kier molecular flexibility index (Phi) is 12.9. The molecule has 0 aliphatic rings. The minimum absolute atomic E-state index is 0.309. The average molecular weight is 505 g/mol. The van der Waals surface area contributed by atoms with E-state index >= 15 is 0 Å². The van der Waals surface area contributed by atoms with E-state index in [0.717, 1.165) is 26.2 Å². The van der Waals surface area contributed by atoms with Crippen molar-refractivity contribution in [1.29, 1.82) is 0 Å². The predicted molar refractivity (Wildman–Crippen MR) is 135 cm³/mol. The Morgan fingerprint density at radius 2 is 0.889 bits per heavy atom. The lowest BCUT2D eigenvalue weighted by Gasteiger charge is -2.10. The summed E-state index contributed by atoms with van der Waals surface area (Å²) in [5.41, 5.74) is 0.773. The minimum Gasteiger partial charge on any atom is -0.497 e. The van der Waals surface area contributed by atoms with Gasteiger partial charge in [-0.2, -0.15) is 0 Å². The molecule has 0 atom stereocenters. The summed E-state index contributed by atoms with van der Waals surface area (Å²) in [6.45, 7) is 3.59. The van der Waals surface area contributed by atoms with Gasteiger partial charge in [-0.1, -0.05) is 0 Å². The average Bonchev–Trinajstić information content (AvgIpc) is 2.92. The van der Waals surface area contributed by atoms with Gasteiger partial charge in [0.25, 0.3) is 0 Å². The fraction of sp³-hybridized carbons (Fsp3) is 0.462. The van der Waals surface area contributed by atoms with Crippen molar-refractivity contribution in [3.8, 4) is 23.0 Å². The van der Waals surface area contributed by atoms with Crippen LogP contribution >= 0.6 is 0 Å². The van der Waals surface area contributed by atoms with Gasteiger partial charge >= 0.3 is 11.9 Å². The molecule has 0 amide bonds. The fourth-order valence-corrected chi connectivity index (χ4v) is 3.17. The first-order valence-electron chi connectivity index (χ1n) is 11.7. The molecule has 0 saturated carbocycles. The van der Waals surface area contributed by atoms with Crippen molar-refractivity contribution in [2.45, 2.75) is 12.8 Å². The molecular weight excluding hydrogens is 468 g/mol. The number of methoxy groups -OCH3 is 4. The topological polar surface area (TPSA) is 114 Å². The van der Waals surface area contributed by atoms with Gasteiger partial charge in [0.1, 0.15) is 23.0 Å². The predicted octanol–water partition coefficient (Wildman–Crippen LogP) is 2.69. The molecule has 2 N–H and O–H groups in total. The summed E-state index contributed by atoms with van der Waals surface area (Å²) < 4.78 is 31.3. The molecule has 2 rings (SSSR count). The van der Waals surface area contributed by atoms with Gasteiger partial charge in [-0.25, -0.2) is 9.59 Å². The minimum atomic E-state index is -0.417. The Hall–Kier alpha value is -3.50. The Morgan fingerprint density at radius 3 is 1.19 bits per heavy atom. The number of nitrogens with one attached hydrogen (secondary N) is 2. The van der Waals surface area contributed by atoms with E-state index < -0.39 is 11.9 Å². The number of rotatable bonds is 17. The maximum absolute atomic E-state index is 12.2. The van der Waals surface area contributed by atoms with Crippen LogP contribution in [0, 0.1) is 0 Å². The molecule has 0 aromatic heterocycles. The summed E-state index contributed by atoms with van der Waals surface area (Å²) in [7, 11) is 6.11. The number of hydrogen-bond acceptors (Lipinski definition) is 10. The molecule has 0 radical (unpaired) electrons. The van der Waals surface area contributed by atoms with Gasteiger partial charge in [0.2, 0.25) is 0 Å². The molecule has 10 nitrogen and oxygen atoms in total. The van der Waals surface area contributed by atoms with Crippen LogP contribution in [0.1, 0.15) is 33.6 Å². The quantitative estimate of drug-likeness (QED) is 0.246. The zero-order valence-corrected chi connectivity index (χ0v) is 21.4. The van der Waals surface area contributed by atoms with Crippen molar-refractivity contribution in [3.05, 3.63) is 47.5 Å². The van der Waals surface area contributed by atoms with Gasteiger partial charge in [0.05, 0.1) is 52.8 Å². The number of benzene rings is 2. The van der Waals surface area contributed by atoms with Gasteiger partial charge in [-0.3, -0.25) is 0 Å². The third kappa shape index (κ3) is 10.0. The summed E-state index contributed by atoms with van der Waals surface area (Å²) in [5.74, 6) is 1.30. The molecule has 0 saturated heterocycles. The molecule has 0 aliphatic carbocycles. The fourth-order valence-electron chi connectivity index (χ4n) is 3.17. The highest BCUT2D eigenvalue weighted by Crippen LogP contribution is 2.24. The number of carbonyl (C=O) groups excluding carboxylic acids is 2. The molecule has 10 heteroatoms. The first kappa shape index (κ1) is 28.7. The van der Waals surface area contributed by atoms with E-state index in [4.69, 9.17) is 28.4 Å². The van der Waals surface area contributed by atoms with Crippen molar-refractivity contribution in [2.75, 3.05) is 67.8 Å². The molecule has 36 heavy (non-hydrogen) atoms. The third-order valence-electron chi connectivity index (χ3n) is 5.11. The highest BCUT2D eigenvalue weighted by molar-refractivity contribution is 5.91. The Labute approximate surface area is 212 Å². The first-order chi connectivity index (χ1) is 17.5. The second kappa shape index (κ2) is 16.2. The summed E-state index contributed by atoms with van der Waals surface area (Å²) in [6, 6.07) is 9.86. The Balaban J connectivity index is 1.50. The van der Waals surface area contributed by atoms with E-state index in [-0.39, 0.29) is 0 Å². The largest absolute Gasteiger partial charge is 0.497 e. The summed E-state index contributed by atoms with van der Waals surface area (Å²) in [4.78, 5) is 24.4. The van der Waals surface area contributed by atoms with E-state index in [1.165, 1.54) is 28.4 Å².